The van der Waals surface area contributed by atoms with Gasteiger partial charge in [-0.1, -0.05) is 12.8 Å². The van der Waals surface area contributed by atoms with Crippen molar-refractivity contribution in [3.63, 3.8) is 0 Å². The van der Waals surface area contributed by atoms with Crippen LogP contribution in [0.5, 0.6) is 0 Å². The highest BCUT2D eigenvalue weighted by molar-refractivity contribution is 5.75. The second kappa shape index (κ2) is 7.47. The summed E-state index contributed by atoms with van der Waals surface area (Å²) < 4.78 is 5.65. The van der Waals surface area contributed by atoms with Crippen LogP contribution in [0.25, 0.3) is 0 Å². The molecule has 2 amide bonds. The molecule has 2 rings (SSSR count). The molecular formula is C14H24N2O4. The van der Waals surface area contributed by atoms with E-state index >= 15 is 0 Å². The van der Waals surface area contributed by atoms with Crippen LogP contribution < -0.4 is 10.6 Å². The van der Waals surface area contributed by atoms with Crippen LogP contribution in [0.2, 0.25) is 0 Å². The molecule has 0 aliphatic heterocycles. The summed E-state index contributed by atoms with van der Waals surface area (Å²) in [4.78, 5) is 22.4. The number of carboxylic acid groups (broad SMARTS) is 1. The number of ether oxygens (including phenoxy) is 1. The fourth-order valence-corrected chi connectivity index (χ4v) is 2.69. The van der Waals surface area contributed by atoms with Crippen LogP contribution in [-0.4, -0.2) is 42.4 Å². The Hall–Kier alpha value is -1.30. The molecular weight excluding hydrogens is 260 g/mol. The molecule has 1 unspecified atom stereocenters. The van der Waals surface area contributed by atoms with Gasteiger partial charge in [0.2, 0.25) is 0 Å². The summed E-state index contributed by atoms with van der Waals surface area (Å²) in [5.41, 5.74) is 0. The van der Waals surface area contributed by atoms with E-state index in [1.165, 1.54) is 12.8 Å². The largest absolute Gasteiger partial charge is 0.481 e. The quantitative estimate of drug-likeness (QED) is 0.589. The summed E-state index contributed by atoms with van der Waals surface area (Å²) in [5.74, 6) is -0.543. The molecule has 0 saturated heterocycles. The number of urea groups is 1. The van der Waals surface area contributed by atoms with Gasteiger partial charge in [0, 0.05) is 12.6 Å². The van der Waals surface area contributed by atoms with E-state index in [-0.39, 0.29) is 18.5 Å². The average Bonchev–Trinajstić information content (AvgIpc) is 3.11. The molecule has 0 spiro atoms. The molecule has 2 aliphatic rings. The fraction of sp³-hybridized carbons (Fsp3) is 0.857. The summed E-state index contributed by atoms with van der Waals surface area (Å²) in [6.45, 7) is 0.984. The minimum atomic E-state index is -0.869. The molecule has 6 heteroatoms. The zero-order chi connectivity index (χ0) is 14.4. The number of hydrogen-bond donors (Lipinski definition) is 3. The number of carbonyl (C=O) groups excluding carboxylic acids is 1. The molecule has 2 saturated carbocycles. The fourth-order valence-electron chi connectivity index (χ4n) is 2.69. The third-order valence-corrected chi connectivity index (χ3v) is 3.95. The number of hydrogen-bond acceptors (Lipinski definition) is 3. The Morgan fingerprint density at radius 2 is 1.90 bits per heavy atom. The van der Waals surface area contributed by atoms with Crippen molar-refractivity contribution in [2.45, 2.75) is 57.1 Å². The minimum absolute atomic E-state index is 0.00331. The van der Waals surface area contributed by atoms with Crippen molar-refractivity contribution in [2.24, 2.45) is 5.92 Å². The first-order valence-electron chi connectivity index (χ1n) is 7.53. The first-order chi connectivity index (χ1) is 9.65. The number of rotatable bonds is 8. The molecule has 2 aliphatic carbocycles. The summed E-state index contributed by atoms with van der Waals surface area (Å²) in [6, 6.07) is -0.540. The molecule has 0 radical (unpaired) electrons. The Morgan fingerprint density at radius 1 is 1.20 bits per heavy atom. The van der Waals surface area contributed by atoms with Crippen LogP contribution in [0, 0.1) is 5.92 Å². The van der Waals surface area contributed by atoms with E-state index in [4.69, 9.17) is 9.84 Å². The highest BCUT2D eigenvalue weighted by atomic mass is 16.5. The number of nitrogens with one attached hydrogen (secondary N) is 2. The van der Waals surface area contributed by atoms with E-state index in [2.05, 4.69) is 10.6 Å². The second-order valence-corrected chi connectivity index (χ2v) is 5.72. The maximum atomic E-state index is 11.7. The van der Waals surface area contributed by atoms with E-state index in [1.54, 1.807) is 0 Å². The molecule has 20 heavy (non-hydrogen) atoms. The predicted molar refractivity (Wildman–Crippen MR) is 73.5 cm³/mol. The summed E-state index contributed by atoms with van der Waals surface area (Å²) >= 11 is 0. The SMILES string of the molecule is O=C(O)CC(NC(=O)NCCOC1CCCC1)C1CC1. The van der Waals surface area contributed by atoms with Gasteiger partial charge in [-0.2, -0.15) is 0 Å². The van der Waals surface area contributed by atoms with Gasteiger partial charge in [-0.25, -0.2) is 4.79 Å². The molecule has 0 heterocycles. The first kappa shape index (κ1) is 15.1. The molecule has 114 valence electrons. The maximum Gasteiger partial charge on any atom is 0.315 e. The van der Waals surface area contributed by atoms with E-state index < -0.39 is 5.97 Å². The lowest BCUT2D eigenvalue weighted by Gasteiger charge is -2.17. The molecule has 0 aromatic heterocycles. The molecule has 0 aromatic carbocycles. The number of aliphatic carboxylic acids is 1. The molecule has 0 bridgehead atoms. The van der Waals surface area contributed by atoms with Crippen LogP contribution in [0.1, 0.15) is 44.9 Å². The van der Waals surface area contributed by atoms with E-state index in [1.807, 2.05) is 0 Å². The van der Waals surface area contributed by atoms with Gasteiger partial charge in [-0.15, -0.1) is 0 Å². The van der Waals surface area contributed by atoms with Gasteiger partial charge in [0.15, 0.2) is 0 Å². The Balaban J connectivity index is 1.57. The number of amides is 2. The van der Waals surface area contributed by atoms with Gasteiger partial charge in [0.05, 0.1) is 19.1 Å². The highest BCUT2D eigenvalue weighted by Gasteiger charge is 2.33. The topological polar surface area (TPSA) is 87.7 Å². The summed E-state index contributed by atoms with van der Waals surface area (Å²) in [5, 5.41) is 14.3. The van der Waals surface area contributed by atoms with Crippen molar-refractivity contribution in [1.82, 2.24) is 10.6 Å². The second-order valence-electron chi connectivity index (χ2n) is 5.72. The zero-order valence-corrected chi connectivity index (χ0v) is 11.8. The van der Waals surface area contributed by atoms with Gasteiger partial charge in [0.1, 0.15) is 0 Å². The summed E-state index contributed by atoms with van der Waals surface area (Å²) in [6.07, 6.45) is 7.06. The van der Waals surface area contributed by atoms with Gasteiger partial charge in [-0.05, 0) is 31.6 Å². The van der Waals surface area contributed by atoms with E-state index in [9.17, 15) is 9.59 Å². The van der Waals surface area contributed by atoms with Crippen LogP contribution in [0.3, 0.4) is 0 Å². The lowest BCUT2D eigenvalue weighted by Crippen LogP contribution is -2.45. The summed E-state index contributed by atoms with van der Waals surface area (Å²) in [7, 11) is 0. The van der Waals surface area contributed by atoms with Crippen LogP contribution >= 0.6 is 0 Å². The van der Waals surface area contributed by atoms with Gasteiger partial charge >= 0.3 is 12.0 Å². The van der Waals surface area contributed by atoms with E-state index in [0.717, 1.165) is 25.7 Å². The Labute approximate surface area is 119 Å². The van der Waals surface area contributed by atoms with Crippen molar-refractivity contribution in [1.29, 1.82) is 0 Å². The molecule has 2 fully saturated rings. The Kier molecular flexibility index (Phi) is 5.64. The lowest BCUT2D eigenvalue weighted by atomic mass is 10.1. The minimum Gasteiger partial charge on any atom is -0.481 e. The van der Waals surface area contributed by atoms with Crippen molar-refractivity contribution in [3.05, 3.63) is 0 Å². The van der Waals surface area contributed by atoms with Gasteiger partial charge in [-0.3, -0.25) is 4.79 Å². The smallest absolute Gasteiger partial charge is 0.315 e. The van der Waals surface area contributed by atoms with E-state index in [0.29, 0.717) is 25.2 Å². The van der Waals surface area contributed by atoms with Gasteiger partial charge in [0.25, 0.3) is 0 Å². The van der Waals surface area contributed by atoms with Crippen molar-refractivity contribution in [2.75, 3.05) is 13.2 Å². The van der Waals surface area contributed by atoms with Crippen LogP contribution in [-0.2, 0) is 9.53 Å². The molecule has 1 atom stereocenters. The van der Waals surface area contributed by atoms with Crippen LogP contribution in [0.4, 0.5) is 4.79 Å². The molecule has 0 aromatic rings. The lowest BCUT2D eigenvalue weighted by molar-refractivity contribution is -0.137. The molecule has 6 nitrogen and oxygen atoms in total. The average molecular weight is 284 g/mol. The third-order valence-electron chi connectivity index (χ3n) is 3.95. The standard InChI is InChI=1S/C14H24N2O4/c17-13(18)9-12(10-5-6-10)16-14(19)15-7-8-20-11-3-1-2-4-11/h10-12H,1-9H2,(H,17,18)(H2,15,16,19). The molecule has 3 N–H and O–H groups in total. The number of carbonyl (C=O) groups is 2. The predicted octanol–water partition coefficient (Wildman–Crippen LogP) is 1.50. The Morgan fingerprint density at radius 3 is 2.50 bits per heavy atom. The first-order valence-corrected chi connectivity index (χ1v) is 7.53. The van der Waals surface area contributed by atoms with Crippen LogP contribution in [0.15, 0.2) is 0 Å². The highest BCUT2D eigenvalue weighted by Crippen LogP contribution is 2.33. The third kappa shape index (κ3) is 5.36. The normalized spacial score (nSPS) is 20.6. The monoisotopic (exact) mass is 284 g/mol. The maximum absolute atomic E-state index is 11.7. The van der Waals surface area contributed by atoms with Crippen molar-refractivity contribution in [3.8, 4) is 0 Å². The van der Waals surface area contributed by atoms with Crippen molar-refractivity contribution < 1.29 is 19.4 Å². The zero-order valence-electron chi connectivity index (χ0n) is 11.8. The van der Waals surface area contributed by atoms with Crippen molar-refractivity contribution >= 4 is 12.0 Å². The number of carboxylic acids is 1. The van der Waals surface area contributed by atoms with Gasteiger partial charge < -0.3 is 20.5 Å². The Bertz CT molecular complexity index is 338.